The normalized spacial score (nSPS) is 43.4. The van der Waals surface area contributed by atoms with E-state index in [0.717, 1.165) is 18.4 Å². The second kappa shape index (κ2) is 5.70. The lowest BCUT2D eigenvalue weighted by molar-refractivity contribution is -0.193. The van der Waals surface area contributed by atoms with Crippen molar-refractivity contribution in [2.24, 2.45) is 17.8 Å². The molecule has 1 aliphatic heterocycles. The molecule has 0 amide bonds. The van der Waals surface area contributed by atoms with Crippen LogP contribution in [0.15, 0.2) is 23.8 Å². The van der Waals surface area contributed by atoms with E-state index in [1.54, 1.807) is 0 Å². The van der Waals surface area contributed by atoms with Crippen molar-refractivity contribution in [2.75, 3.05) is 0 Å². The number of esters is 1. The Morgan fingerprint density at radius 3 is 2.58 bits per heavy atom. The van der Waals surface area contributed by atoms with E-state index in [-0.39, 0.29) is 24.1 Å². The minimum absolute atomic E-state index is 0.206. The smallest absolute Gasteiger partial charge is 0.303 e. The molecule has 3 rings (SSSR count). The Kier molecular flexibility index (Phi) is 4.20. The van der Waals surface area contributed by atoms with Gasteiger partial charge in [-0.05, 0) is 57.9 Å². The predicted molar refractivity (Wildman–Crippen MR) is 92.3 cm³/mol. The number of allylic oxidation sites excluding steroid dienone is 1. The molecule has 134 valence electrons. The third kappa shape index (κ3) is 2.55. The lowest BCUT2D eigenvalue weighted by Crippen LogP contribution is -2.62. The maximum absolute atomic E-state index is 11.7. The summed E-state index contributed by atoms with van der Waals surface area (Å²) in [5.41, 5.74) is 1.77. The first kappa shape index (κ1) is 17.7. The molecule has 24 heavy (non-hydrogen) atoms. The number of carbonyl (C=O) groups is 1. The fraction of sp³-hybridized carbons (Fsp3) is 0.750. The molecule has 0 unspecified atom stereocenters. The lowest BCUT2D eigenvalue weighted by atomic mass is 9.56. The summed E-state index contributed by atoms with van der Waals surface area (Å²) in [7, 11) is 0. The summed E-state index contributed by atoms with van der Waals surface area (Å²) in [5, 5.41) is 0. The van der Waals surface area contributed by atoms with Crippen LogP contribution in [0.1, 0.15) is 54.4 Å². The molecule has 4 heteroatoms. The van der Waals surface area contributed by atoms with E-state index in [9.17, 15) is 4.79 Å². The van der Waals surface area contributed by atoms with Crippen LogP contribution in [-0.2, 0) is 19.0 Å². The molecular weight excluding hydrogens is 304 g/mol. The number of rotatable bonds is 2. The standard InChI is InChI=1S/C20H30O4/c1-11(2)15-9-8-13(4)20-16(15)10-12(3)17(22-14(5)21)18(20)23-19(6,7)24-20/h10,13,15-18H,1,8-9H2,2-7H3/t13-,15-,16-,17-,18+,20+/m1/s1. The van der Waals surface area contributed by atoms with Gasteiger partial charge >= 0.3 is 5.97 Å². The maximum atomic E-state index is 11.7. The van der Waals surface area contributed by atoms with Crippen LogP contribution in [0.4, 0.5) is 0 Å². The van der Waals surface area contributed by atoms with Gasteiger partial charge in [0.25, 0.3) is 0 Å². The van der Waals surface area contributed by atoms with Crippen LogP contribution in [0.25, 0.3) is 0 Å². The zero-order valence-corrected chi connectivity index (χ0v) is 15.7. The average molecular weight is 334 g/mol. The molecular formula is C20H30O4. The highest BCUT2D eigenvalue weighted by atomic mass is 16.8. The molecule has 1 spiro atoms. The van der Waals surface area contributed by atoms with Crippen molar-refractivity contribution in [1.29, 1.82) is 0 Å². The lowest BCUT2D eigenvalue weighted by Gasteiger charge is -2.54. The summed E-state index contributed by atoms with van der Waals surface area (Å²) < 4.78 is 18.6. The van der Waals surface area contributed by atoms with E-state index in [4.69, 9.17) is 14.2 Å². The van der Waals surface area contributed by atoms with E-state index < -0.39 is 11.4 Å². The van der Waals surface area contributed by atoms with Gasteiger partial charge in [0.05, 0.1) is 0 Å². The Morgan fingerprint density at radius 2 is 2.00 bits per heavy atom. The number of hydrogen-bond donors (Lipinski definition) is 0. The highest BCUT2D eigenvalue weighted by Gasteiger charge is 2.66. The topological polar surface area (TPSA) is 44.8 Å². The van der Waals surface area contributed by atoms with Crippen molar-refractivity contribution in [2.45, 2.75) is 78.0 Å². The molecule has 1 saturated carbocycles. The molecule has 6 atom stereocenters. The quantitative estimate of drug-likeness (QED) is 0.565. The summed E-state index contributed by atoms with van der Waals surface area (Å²) in [6, 6.07) is 0. The molecule has 2 fully saturated rings. The first-order valence-electron chi connectivity index (χ1n) is 8.97. The van der Waals surface area contributed by atoms with Gasteiger partial charge in [0, 0.05) is 12.8 Å². The summed E-state index contributed by atoms with van der Waals surface area (Å²) in [6.07, 6.45) is 3.77. The van der Waals surface area contributed by atoms with Gasteiger partial charge in [-0.3, -0.25) is 4.79 Å². The van der Waals surface area contributed by atoms with Crippen molar-refractivity contribution < 1.29 is 19.0 Å². The molecule has 0 aromatic carbocycles. The Bertz CT molecular complexity index is 590. The van der Waals surface area contributed by atoms with Crippen molar-refractivity contribution in [1.82, 2.24) is 0 Å². The van der Waals surface area contributed by atoms with Gasteiger partial charge in [-0.2, -0.15) is 0 Å². The van der Waals surface area contributed by atoms with Crippen LogP contribution in [0.3, 0.4) is 0 Å². The highest BCUT2D eigenvalue weighted by molar-refractivity contribution is 5.66. The average Bonchev–Trinajstić information content (AvgIpc) is 2.73. The van der Waals surface area contributed by atoms with Gasteiger partial charge in [-0.15, -0.1) is 0 Å². The minimum Gasteiger partial charge on any atom is -0.455 e. The van der Waals surface area contributed by atoms with E-state index in [0.29, 0.717) is 11.8 Å². The van der Waals surface area contributed by atoms with E-state index in [2.05, 4.69) is 26.5 Å². The Balaban J connectivity index is 2.13. The molecule has 0 aromatic rings. The summed E-state index contributed by atoms with van der Waals surface area (Å²) in [4.78, 5) is 11.7. The van der Waals surface area contributed by atoms with Crippen LogP contribution in [0.5, 0.6) is 0 Å². The molecule has 0 bridgehead atoms. The Labute approximate surface area is 145 Å². The number of carbonyl (C=O) groups excluding carboxylic acids is 1. The fourth-order valence-corrected chi connectivity index (χ4v) is 5.07. The monoisotopic (exact) mass is 334 g/mol. The fourth-order valence-electron chi connectivity index (χ4n) is 5.07. The highest BCUT2D eigenvalue weighted by Crippen LogP contribution is 2.58. The molecule has 1 heterocycles. The summed E-state index contributed by atoms with van der Waals surface area (Å²) in [5.74, 6) is -0.0704. The molecule has 0 radical (unpaired) electrons. The van der Waals surface area contributed by atoms with Crippen LogP contribution < -0.4 is 0 Å². The molecule has 0 aromatic heterocycles. The van der Waals surface area contributed by atoms with Crippen LogP contribution >= 0.6 is 0 Å². The third-order valence-electron chi connectivity index (χ3n) is 6.01. The van der Waals surface area contributed by atoms with E-state index in [1.807, 2.05) is 20.8 Å². The molecule has 1 saturated heterocycles. The number of ether oxygens (including phenoxy) is 3. The first-order chi connectivity index (χ1) is 11.1. The van der Waals surface area contributed by atoms with Crippen LogP contribution in [-0.4, -0.2) is 29.6 Å². The van der Waals surface area contributed by atoms with E-state index in [1.165, 1.54) is 12.5 Å². The van der Waals surface area contributed by atoms with Crippen LogP contribution in [0.2, 0.25) is 0 Å². The van der Waals surface area contributed by atoms with Crippen molar-refractivity contribution >= 4 is 5.97 Å². The number of hydrogen-bond acceptors (Lipinski definition) is 4. The van der Waals surface area contributed by atoms with Crippen molar-refractivity contribution in [3.05, 3.63) is 23.8 Å². The summed E-state index contributed by atoms with van der Waals surface area (Å²) >= 11 is 0. The largest absolute Gasteiger partial charge is 0.455 e. The maximum Gasteiger partial charge on any atom is 0.303 e. The van der Waals surface area contributed by atoms with Gasteiger partial charge < -0.3 is 14.2 Å². The minimum atomic E-state index is -0.689. The van der Waals surface area contributed by atoms with Gasteiger partial charge in [0.1, 0.15) is 11.7 Å². The Morgan fingerprint density at radius 1 is 1.33 bits per heavy atom. The SMILES string of the molecule is C=C(C)[C@H]1CC[C@@H](C)[C@@]23OC(C)(C)O[C@H]2[C@H](OC(C)=O)C(C)=C[C@H]13. The van der Waals surface area contributed by atoms with Gasteiger partial charge in [0.15, 0.2) is 11.9 Å². The van der Waals surface area contributed by atoms with Crippen LogP contribution in [0, 0.1) is 17.8 Å². The molecule has 3 aliphatic rings. The molecule has 2 aliphatic carbocycles. The molecule has 4 nitrogen and oxygen atoms in total. The third-order valence-corrected chi connectivity index (χ3v) is 6.01. The van der Waals surface area contributed by atoms with Gasteiger partial charge in [-0.25, -0.2) is 0 Å². The van der Waals surface area contributed by atoms with Crippen molar-refractivity contribution in [3.63, 3.8) is 0 Å². The second-order valence-corrected chi connectivity index (χ2v) is 8.29. The zero-order valence-electron chi connectivity index (χ0n) is 15.7. The second-order valence-electron chi connectivity index (χ2n) is 8.29. The van der Waals surface area contributed by atoms with Gasteiger partial charge in [0.2, 0.25) is 0 Å². The molecule has 0 N–H and O–H groups in total. The van der Waals surface area contributed by atoms with E-state index >= 15 is 0 Å². The predicted octanol–water partition coefficient (Wildman–Crippen LogP) is 4.01. The van der Waals surface area contributed by atoms with Gasteiger partial charge in [-0.1, -0.05) is 25.2 Å². The zero-order chi connectivity index (χ0) is 17.9. The Hall–Kier alpha value is -1.13. The van der Waals surface area contributed by atoms with Crippen molar-refractivity contribution in [3.8, 4) is 0 Å². The first-order valence-corrected chi connectivity index (χ1v) is 8.97. The summed E-state index contributed by atoms with van der Waals surface area (Å²) in [6.45, 7) is 15.9.